The highest BCUT2D eigenvalue weighted by atomic mass is 127. The highest BCUT2D eigenvalue weighted by molar-refractivity contribution is 14.1. The first-order valence-corrected chi connectivity index (χ1v) is 11.1. The molecule has 194 valence electrons. The number of halogens is 7. The minimum absolute atomic E-state index is 0.109. The summed E-state index contributed by atoms with van der Waals surface area (Å²) in [5.41, 5.74) is -2.93. The Labute approximate surface area is 212 Å². The van der Waals surface area contributed by atoms with E-state index in [2.05, 4.69) is 20.6 Å². The van der Waals surface area contributed by atoms with Gasteiger partial charge in [-0.25, -0.2) is 9.97 Å². The summed E-state index contributed by atoms with van der Waals surface area (Å²) in [7, 11) is 0. The number of anilines is 2. The lowest BCUT2D eigenvalue weighted by Gasteiger charge is -2.18. The molecule has 0 aliphatic carbocycles. The maximum Gasteiger partial charge on any atom is 0.417 e. The molecule has 2 aromatic heterocycles. The summed E-state index contributed by atoms with van der Waals surface area (Å²) < 4.78 is 74.2. The third-order valence-corrected chi connectivity index (χ3v) is 4.92. The number of hydrogen-bond donors (Lipinski definition) is 2. The lowest BCUT2D eigenvalue weighted by molar-refractivity contribution is -0.138. The van der Waals surface area contributed by atoms with Crippen LogP contribution in [0.5, 0.6) is 0 Å². The second-order valence-corrected chi connectivity index (χ2v) is 10.6. The third-order valence-electron chi connectivity index (χ3n) is 4.10. The van der Waals surface area contributed by atoms with Crippen LogP contribution in [0.4, 0.5) is 38.0 Å². The zero-order valence-electron chi connectivity index (χ0n) is 19.7. The summed E-state index contributed by atoms with van der Waals surface area (Å²) in [5.74, 6) is -0.348. The zero-order valence-corrected chi connectivity index (χ0v) is 21.9. The minimum atomic E-state index is -4.43. The van der Waals surface area contributed by atoms with Crippen molar-refractivity contribution in [1.82, 2.24) is 9.97 Å². The fourth-order valence-electron chi connectivity index (χ4n) is 1.92. The van der Waals surface area contributed by atoms with Crippen LogP contribution in [0.1, 0.15) is 52.7 Å². The summed E-state index contributed by atoms with van der Waals surface area (Å²) in [6.45, 7) is 10.2. The molecule has 0 aliphatic heterocycles. The highest BCUT2D eigenvalue weighted by Gasteiger charge is 2.32. The molecule has 13 heteroatoms. The van der Waals surface area contributed by atoms with Gasteiger partial charge in [-0.2, -0.15) is 26.3 Å². The van der Waals surface area contributed by atoms with Crippen molar-refractivity contribution in [3.05, 3.63) is 45.3 Å². The predicted molar refractivity (Wildman–Crippen MR) is 127 cm³/mol. The number of carbonyl (C=O) groups excluding carboxylic acids is 2. The average molecular weight is 618 g/mol. The van der Waals surface area contributed by atoms with E-state index in [1.165, 1.54) is 0 Å². The Kier molecular flexibility index (Phi) is 9.68. The van der Waals surface area contributed by atoms with E-state index in [9.17, 15) is 35.9 Å². The average Bonchev–Trinajstić information content (AvgIpc) is 2.67. The smallest absolute Gasteiger partial charge is 0.310 e. The van der Waals surface area contributed by atoms with E-state index in [-0.39, 0.29) is 27.0 Å². The van der Waals surface area contributed by atoms with Crippen molar-refractivity contribution in [2.45, 2.75) is 53.9 Å². The SMILES string of the molecule is CC(C)(C)C(=O)Nc1ccc(C(F)(F)F)cn1.CC(C)(C)C(=O)Nc1ncc(C(F)(F)F)cc1I. The number of rotatable bonds is 2. The summed E-state index contributed by atoms with van der Waals surface area (Å²) in [6, 6.07) is 2.96. The monoisotopic (exact) mass is 618 g/mol. The lowest BCUT2D eigenvalue weighted by atomic mass is 9.96. The minimum Gasteiger partial charge on any atom is -0.310 e. The normalized spacial score (nSPS) is 12.4. The topological polar surface area (TPSA) is 84.0 Å². The first-order chi connectivity index (χ1) is 15.6. The number of nitrogens with one attached hydrogen (secondary N) is 2. The van der Waals surface area contributed by atoms with Crippen molar-refractivity contribution in [3.63, 3.8) is 0 Å². The van der Waals surface area contributed by atoms with Gasteiger partial charge in [-0.05, 0) is 40.8 Å². The molecule has 0 saturated heterocycles. The summed E-state index contributed by atoms with van der Waals surface area (Å²) in [6.07, 6.45) is -7.45. The first kappa shape index (κ1) is 30.6. The quantitative estimate of drug-likeness (QED) is 0.288. The molecule has 0 aliphatic rings. The van der Waals surface area contributed by atoms with Crippen molar-refractivity contribution in [2.24, 2.45) is 10.8 Å². The molecule has 0 saturated carbocycles. The van der Waals surface area contributed by atoms with Gasteiger partial charge in [-0.1, -0.05) is 41.5 Å². The molecular weight excluding hydrogens is 593 g/mol. The molecule has 35 heavy (non-hydrogen) atoms. The predicted octanol–water partition coefficient (Wildman–Crippen LogP) is 6.77. The number of amides is 2. The van der Waals surface area contributed by atoms with Gasteiger partial charge in [0.2, 0.25) is 11.8 Å². The summed E-state index contributed by atoms with van der Waals surface area (Å²) in [4.78, 5) is 30.4. The van der Waals surface area contributed by atoms with Crippen LogP contribution in [-0.2, 0) is 21.9 Å². The molecule has 6 nitrogen and oxygen atoms in total. The standard InChI is InChI=1S/C11H12F3IN2O.C11H13F3N2O/c1-10(2,3)9(18)17-8-7(15)4-6(5-16-8)11(12,13)14;1-10(2,3)9(17)16-8-5-4-7(6-15-8)11(12,13)14/h4-5H,1-3H3,(H,16,17,18);4-6H,1-3H3,(H,15,16,17). The van der Waals surface area contributed by atoms with Crippen molar-refractivity contribution < 1.29 is 35.9 Å². The Morgan fingerprint density at radius 2 is 1.20 bits per heavy atom. The Bertz CT molecular complexity index is 1040. The molecule has 2 N–H and O–H groups in total. The van der Waals surface area contributed by atoms with Crippen molar-refractivity contribution in [3.8, 4) is 0 Å². The Morgan fingerprint density at radius 1 is 0.743 bits per heavy atom. The highest BCUT2D eigenvalue weighted by Crippen LogP contribution is 2.31. The van der Waals surface area contributed by atoms with E-state index in [0.29, 0.717) is 12.4 Å². The van der Waals surface area contributed by atoms with Gasteiger partial charge in [0.1, 0.15) is 11.6 Å². The van der Waals surface area contributed by atoms with E-state index in [1.807, 2.05) is 0 Å². The van der Waals surface area contributed by atoms with E-state index < -0.39 is 34.3 Å². The summed E-state index contributed by atoms with van der Waals surface area (Å²) in [5, 5.41) is 4.95. The van der Waals surface area contributed by atoms with Crippen molar-refractivity contribution in [1.29, 1.82) is 0 Å². The molecule has 0 atom stereocenters. The van der Waals surface area contributed by atoms with Gasteiger partial charge in [0, 0.05) is 23.2 Å². The van der Waals surface area contributed by atoms with Crippen LogP contribution in [0.2, 0.25) is 0 Å². The number of pyridine rings is 2. The summed E-state index contributed by atoms with van der Waals surface area (Å²) >= 11 is 1.71. The maximum atomic E-state index is 12.4. The van der Waals surface area contributed by atoms with Crippen LogP contribution < -0.4 is 10.6 Å². The molecule has 0 fully saturated rings. The second-order valence-electron chi connectivity index (χ2n) is 9.39. The fourth-order valence-corrected chi connectivity index (χ4v) is 2.53. The van der Waals surface area contributed by atoms with Gasteiger partial charge in [-0.3, -0.25) is 9.59 Å². The van der Waals surface area contributed by atoms with Gasteiger partial charge in [0.15, 0.2) is 0 Å². The number of carbonyl (C=O) groups is 2. The molecule has 2 aromatic rings. The van der Waals surface area contributed by atoms with Gasteiger partial charge < -0.3 is 10.6 Å². The number of alkyl halides is 6. The van der Waals surface area contributed by atoms with E-state index in [1.54, 1.807) is 64.1 Å². The molecule has 0 unspecified atom stereocenters. The first-order valence-electron chi connectivity index (χ1n) is 10.0. The van der Waals surface area contributed by atoms with E-state index >= 15 is 0 Å². The molecule has 0 aromatic carbocycles. The van der Waals surface area contributed by atoms with E-state index in [0.717, 1.165) is 18.2 Å². The number of aromatic nitrogens is 2. The second kappa shape index (κ2) is 11.1. The molecule has 2 heterocycles. The fraction of sp³-hybridized carbons (Fsp3) is 0.455. The maximum absolute atomic E-state index is 12.4. The van der Waals surface area contributed by atoms with E-state index in [4.69, 9.17) is 0 Å². The lowest BCUT2D eigenvalue weighted by Crippen LogP contribution is -2.28. The molecule has 2 rings (SSSR count). The van der Waals surface area contributed by atoms with Crippen LogP contribution in [0, 0.1) is 14.4 Å². The van der Waals surface area contributed by atoms with Crippen LogP contribution in [0.3, 0.4) is 0 Å². The number of hydrogen-bond acceptors (Lipinski definition) is 4. The molecule has 0 radical (unpaired) electrons. The molecule has 0 bridgehead atoms. The zero-order chi connectivity index (χ0) is 27.4. The Hall–Kier alpha value is -2.45. The van der Waals surface area contributed by atoms with Crippen molar-refractivity contribution in [2.75, 3.05) is 10.6 Å². The van der Waals surface area contributed by atoms with Gasteiger partial charge in [0.05, 0.1) is 14.7 Å². The van der Waals surface area contributed by atoms with Crippen LogP contribution in [-0.4, -0.2) is 21.8 Å². The van der Waals surface area contributed by atoms with Gasteiger partial charge >= 0.3 is 12.4 Å². The largest absolute Gasteiger partial charge is 0.417 e. The van der Waals surface area contributed by atoms with Gasteiger partial charge in [-0.15, -0.1) is 0 Å². The van der Waals surface area contributed by atoms with Crippen LogP contribution >= 0.6 is 22.6 Å². The Balaban J connectivity index is 0.000000351. The number of nitrogens with zero attached hydrogens (tertiary/aromatic N) is 2. The third kappa shape index (κ3) is 9.98. The molecule has 0 spiro atoms. The molecule has 2 amide bonds. The van der Waals surface area contributed by atoms with Gasteiger partial charge in [0.25, 0.3) is 0 Å². The van der Waals surface area contributed by atoms with Crippen molar-refractivity contribution >= 4 is 46.0 Å². The Morgan fingerprint density at radius 3 is 1.57 bits per heavy atom. The van der Waals surface area contributed by atoms with Crippen LogP contribution in [0.15, 0.2) is 30.6 Å². The molecular formula is C22H25F6IN4O2. The van der Waals surface area contributed by atoms with Crippen LogP contribution in [0.25, 0.3) is 0 Å².